The fourth-order valence-corrected chi connectivity index (χ4v) is 3.96. The number of nitrogens with one attached hydrogen (secondary N) is 2. The Morgan fingerprint density at radius 2 is 1.82 bits per heavy atom. The molecule has 1 aromatic heterocycles. The van der Waals surface area contributed by atoms with Crippen molar-refractivity contribution in [3.05, 3.63) is 65.5 Å². The summed E-state index contributed by atoms with van der Waals surface area (Å²) in [6.45, 7) is 4.14. The molecule has 1 aliphatic heterocycles. The van der Waals surface area contributed by atoms with E-state index in [2.05, 4.69) is 37.6 Å². The first kappa shape index (κ1) is 25.8. The third kappa shape index (κ3) is 6.41. The van der Waals surface area contributed by atoms with E-state index in [1.165, 1.54) is 11.1 Å². The van der Waals surface area contributed by atoms with Crippen molar-refractivity contribution in [3.63, 3.8) is 0 Å². The number of halogens is 1. The molecule has 34 heavy (non-hydrogen) atoms. The Labute approximate surface area is 217 Å². The lowest BCUT2D eigenvalue weighted by molar-refractivity contribution is 0.256. The maximum Gasteiger partial charge on any atom is 0.226 e. The van der Waals surface area contributed by atoms with Crippen LogP contribution in [0.1, 0.15) is 16.8 Å². The number of aromatic nitrogens is 1. The van der Waals surface area contributed by atoms with Crippen LogP contribution >= 0.6 is 24.0 Å². The summed E-state index contributed by atoms with van der Waals surface area (Å²) < 4.78 is 16.5. The second-order valence-corrected chi connectivity index (χ2v) is 7.86. The lowest BCUT2D eigenvalue weighted by Crippen LogP contribution is -2.42. The summed E-state index contributed by atoms with van der Waals surface area (Å²) in [5.41, 5.74) is 4.41. The SMILES string of the molecule is CN=C(NCCN1CCc2cc(OC)c(OC)cc2C1)NCc1coc(-c2ccccc2)n1.I. The Balaban J connectivity index is 0.00000324. The van der Waals surface area contributed by atoms with E-state index in [1.54, 1.807) is 27.5 Å². The molecule has 0 unspecified atom stereocenters. The van der Waals surface area contributed by atoms with Crippen LogP contribution in [0, 0.1) is 0 Å². The number of rotatable bonds is 8. The van der Waals surface area contributed by atoms with E-state index < -0.39 is 0 Å². The monoisotopic (exact) mass is 577 g/mol. The first-order chi connectivity index (χ1) is 16.2. The molecule has 2 heterocycles. The number of hydrogen-bond acceptors (Lipinski definition) is 6. The second-order valence-electron chi connectivity index (χ2n) is 7.86. The van der Waals surface area contributed by atoms with E-state index in [4.69, 9.17) is 13.9 Å². The van der Waals surface area contributed by atoms with Gasteiger partial charge in [-0.1, -0.05) is 18.2 Å². The fraction of sp³-hybridized carbons (Fsp3) is 0.360. The van der Waals surface area contributed by atoms with Crippen LogP contribution in [0.4, 0.5) is 0 Å². The van der Waals surface area contributed by atoms with Gasteiger partial charge in [0.1, 0.15) is 6.26 Å². The lowest BCUT2D eigenvalue weighted by atomic mass is 9.99. The molecule has 0 radical (unpaired) electrons. The van der Waals surface area contributed by atoms with Gasteiger partial charge in [-0.3, -0.25) is 9.89 Å². The molecule has 8 nitrogen and oxygen atoms in total. The van der Waals surface area contributed by atoms with Gasteiger partial charge in [0, 0.05) is 38.8 Å². The average Bonchev–Trinajstić information content (AvgIpc) is 3.34. The minimum atomic E-state index is 0. The number of methoxy groups -OCH3 is 2. The summed E-state index contributed by atoms with van der Waals surface area (Å²) in [7, 11) is 5.12. The van der Waals surface area contributed by atoms with Gasteiger partial charge in [0.05, 0.1) is 26.5 Å². The lowest BCUT2D eigenvalue weighted by Gasteiger charge is -2.29. The number of guanidine groups is 1. The third-order valence-corrected chi connectivity index (χ3v) is 5.75. The van der Waals surface area contributed by atoms with Gasteiger partial charge in [-0.25, -0.2) is 4.98 Å². The van der Waals surface area contributed by atoms with Crippen molar-refractivity contribution in [1.29, 1.82) is 0 Å². The standard InChI is InChI=1S/C25H31N5O3.HI/c1-26-25(28-15-21-17-33-24(29-21)18-7-5-4-6-8-18)27-10-12-30-11-9-19-13-22(31-2)23(32-3)14-20(19)16-30;/h4-8,13-14,17H,9-12,15-16H2,1-3H3,(H2,26,27,28);1H. The van der Waals surface area contributed by atoms with Crippen molar-refractivity contribution in [2.45, 2.75) is 19.5 Å². The molecule has 0 fully saturated rings. The average molecular weight is 577 g/mol. The molecular weight excluding hydrogens is 545 g/mol. The molecule has 182 valence electrons. The van der Waals surface area contributed by atoms with Crippen LogP contribution in [0.2, 0.25) is 0 Å². The summed E-state index contributed by atoms with van der Waals surface area (Å²) >= 11 is 0. The number of nitrogens with zero attached hydrogens (tertiary/aromatic N) is 3. The third-order valence-electron chi connectivity index (χ3n) is 5.75. The van der Waals surface area contributed by atoms with Gasteiger partial charge in [-0.05, 0) is 41.8 Å². The maximum absolute atomic E-state index is 5.60. The van der Waals surface area contributed by atoms with Gasteiger partial charge in [0.15, 0.2) is 17.5 Å². The number of fused-ring (bicyclic) bond motifs is 1. The molecule has 4 rings (SSSR count). The largest absolute Gasteiger partial charge is 0.493 e. The van der Waals surface area contributed by atoms with Crippen LogP contribution < -0.4 is 20.1 Å². The topological polar surface area (TPSA) is 84.2 Å². The van der Waals surface area contributed by atoms with Crippen LogP contribution in [0.3, 0.4) is 0 Å². The summed E-state index contributed by atoms with van der Waals surface area (Å²) in [6.07, 6.45) is 2.68. The molecule has 0 bridgehead atoms. The molecule has 1 aliphatic rings. The first-order valence-electron chi connectivity index (χ1n) is 11.1. The van der Waals surface area contributed by atoms with Crippen LogP contribution in [0.15, 0.2) is 58.1 Å². The molecule has 9 heteroatoms. The molecule has 0 spiro atoms. The molecular formula is C25H32IN5O3. The summed E-state index contributed by atoms with van der Waals surface area (Å²) in [5.74, 6) is 2.94. The molecule has 0 aliphatic carbocycles. The Kier molecular flexibility index (Phi) is 9.58. The van der Waals surface area contributed by atoms with Crippen molar-refractivity contribution in [2.75, 3.05) is 40.9 Å². The number of oxazole rings is 1. The van der Waals surface area contributed by atoms with Crippen LogP contribution in [-0.2, 0) is 19.5 Å². The van der Waals surface area contributed by atoms with E-state index >= 15 is 0 Å². The highest BCUT2D eigenvalue weighted by Crippen LogP contribution is 2.33. The Bertz CT molecular complexity index is 1090. The van der Waals surface area contributed by atoms with Gasteiger partial charge in [-0.2, -0.15) is 0 Å². The predicted octanol–water partition coefficient (Wildman–Crippen LogP) is 3.70. The minimum Gasteiger partial charge on any atom is -0.493 e. The van der Waals surface area contributed by atoms with E-state index in [1.807, 2.05) is 30.3 Å². The highest BCUT2D eigenvalue weighted by atomic mass is 127. The molecule has 0 atom stereocenters. The number of ether oxygens (including phenoxy) is 2. The fourth-order valence-electron chi connectivity index (χ4n) is 3.96. The molecule has 0 saturated heterocycles. The number of hydrogen-bond donors (Lipinski definition) is 2. The van der Waals surface area contributed by atoms with Crippen LogP contribution in [-0.4, -0.2) is 56.7 Å². The smallest absolute Gasteiger partial charge is 0.226 e. The Hall–Kier alpha value is -2.79. The molecule has 0 amide bonds. The van der Waals surface area contributed by atoms with Crippen molar-refractivity contribution in [3.8, 4) is 23.0 Å². The second kappa shape index (κ2) is 12.6. The molecule has 2 N–H and O–H groups in total. The van der Waals surface area contributed by atoms with Gasteiger partial charge < -0.3 is 24.5 Å². The first-order valence-corrected chi connectivity index (χ1v) is 11.1. The highest BCUT2D eigenvalue weighted by molar-refractivity contribution is 14.0. The normalized spacial score (nSPS) is 13.6. The van der Waals surface area contributed by atoms with E-state index in [9.17, 15) is 0 Å². The van der Waals surface area contributed by atoms with E-state index in [-0.39, 0.29) is 24.0 Å². The summed E-state index contributed by atoms with van der Waals surface area (Å²) in [5, 5.41) is 6.68. The van der Waals surface area contributed by atoms with Gasteiger partial charge in [0.2, 0.25) is 5.89 Å². The van der Waals surface area contributed by atoms with Crippen molar-refractivity contribution < 1.29 is 13.9 Å². The zero-order chi connectivity index (χ0) is 23.0. The molecule has 0 saturated carbocycles. The molecule has 2 aromatic carbocycles. The highest BCUT2D eigenvalue weighted by Gasteiger charge is 2.19. The quantitative estimate of drug-likeness (QED) is 0.240. The van der Waals surface area contributed by atoms with Crippen molar-refractivity contribution in [1.82, 2.24) is 20.5 Å². The van der Waals surface area contributed by atoms with Crippen LogP contribution in [0.5, 0.6) is 11.5 Å². The number of benzene rings is 2. The van der Waals surface area contributed by atoms with Crippen molar-refractivity contribution in [2.24, 2.45) is 4.99 Å². The number of aliphatic imine (C=N–C) groups is 1. The van der Waals surface area contributed by atoms with Gasteiger partial charge in [-0.15, -0.1) is 24.0 Å². The zero-order valence-electron chi connectivity index (χ0n) is 19.8. The maximum atomic E-state index is 5.60. The van der Waals surface area contributed by atoms with Gasteiger partial charge in [0.25, 0.3) is 0 Å². The predicted molar refractivity (Wildman–Crippen MR) is 144 cm³/mol. The van der Waals surface area contributed by atoms with E-state index in [0.717, 1.165) is 61.3 Å². The van der Waals surface area contributed by atoms with E-state index in [0.29, 0.717) is 12.4 Å². The Morgan fingerprint density at radius 1 is 1.09 bits per heavy atom. The molecule has 3 aromatic rings. The Morgan fingerprint density at radius 3 is 2.53 bits per heavy atom. The zero-order valence-corrected chi connectivity index (χ0v) is 22.2. The van der Waals surface area contributed by atoms with Gasteiger partial charge >= 0.3 is 0 Å². The summed E-state index contributed by atoms with van der Waals surface area (Å²) in [6, 6.07) is 14.1. The van der Waals surface area contributed by atoms with Crippen LogP contribution in [0.25, 0.3) is 11.5 Å². The summed E-state index contributed by atoms with van der Waals surface area (Å²) in [4.78, 5) is 11.3. The van der Waals surface area contributed by atoms with Crippen molar-refractivity contribution >= 4 is 29.9 Å². The minimum absolute atomic E-state index is 0.